The quantitative estimate of drug-likeness (QED) is 0.461. The first kappa shape index (κ1) is 18.0. The first-order valence-corrected chi connectivity index (χ1v) is 8.72. The number of thiazole rings is 1. The summed E-state index contributed by atoms with van der Waals surface area (Å²) in [6.07, 6.45) is 3.27. The summed E-state index contributed by atoms with van der Waals surface area (Å²) in [7, 11) is 0. The molecule has 0 aliphatic rings. The van der Waals surface area contributed by atoms with Gasteiger partial charge in [0.2, 0.25) is 0 Å². The smallest absolute Gasteiger partial charge is 0.191 e. The van der Waals surface area contributed by atoms with E-state index in [1.54, 1.807) is 11.3 Å². The Morgan fingerprint density at radius 2 is 2.10 bits per heavy atom. The maximum atomic E-state index is 4.63. The Morgan fingerprint density at radius 1 is 1.33 bits per heavy atom. The Hall–Kier alpha value is -1.10. The number of hydrogen-bond acceptors (Lipinski definition) is 3. The molecule has 0 fully saturated rings. The van der Waals surface area contributed by atoms with E-state index in [0.717, 1.165) is 49.1 Å². The Balaban J connectivity index is 2.31. The van der Waals surface area contributed by atoms with E-state index < -0.39 is 0 Å². The molecule has 0 radical (unpaired) electrons. The molecule has 1 aromatic heterocycles. The van der Waals surface area contributed by atoms with Gasteiger partial charge in [-0.2, -0.15) is 0 Å². The molecule has 5 heteroatoms. The Kier molecular flexibility index (Phi) is 7.72. The van der Waals surface area contributed by atoms with E-state index in [0.29, 0.717) is 5.41 Å². The minimum Gasteiger partial charge on any atom is -0.357 e. The van der Waals surface area contributed by atoms with Gasteiger partial charge in [0.1, 0.15) is 0 Å². The van der Waals surface area contributed by atoms with Gasteiger partial charge in [0.25, 0.3) is 0 Å². The molecule has 120 valence electrons. The van der Waals surface area contributed by atoms with Crippen LogP contribution in [0.5, 0.6) is 0 Å². The van der Waals surface area contributed by atoms with Crippen LogP contribution in [0.3, 0.4) is 0 Å². The SMILES string of the molecule is CCNC(=NCCCC(C)(C)C)NCCc1csc(C)n1. The van der Waals surface area contributed by atoms with Crippen molar-refractivity contribution >= 4 is 17.3 Å². The number of nitrogens with zero attached hydrogens (tertiary/aromatic N) is 2. The van der Waals surface area contributed by atoms with Crippen LogP contribution in [0.1, 0.15) is 51.2 Å². The molecule has 0 saturated carbocycles. The van der Waals surface area contributed by atoms with Crippen molar-refractivity contribution in [2.24, 2.45) is 10.4 Å². The molecular formula is C16H30N4S. The first-order chi connectivity index (χ1) is 9.90. The van der Waals surface area contributed by atoms with Gasteiger partial charge in [0.05, 0.1) is 10.7 Å². The van der Waals surface area contributed by atoms with Gasteiger partial charge in [-0.25, -0.2) is 4.98 Å². The van der Waals surface area contributed by atoms with E-state index in [-0.39, 0.29) is 0 Å². The second-order valence-electron chi connectivity index (χ2n) is 6.46. The van der Waals surface area contributed by atoms with Gasteiger partial charge >= 0.3 is 0 Å². The van der Waals surface area contributed by atoms with E-state index >= 15 is 0 Å². The van der Waals surface area contributed by atoms with Gasteiger partial charge < -0.3 is 10.6 Å². The van der Waals surface area contributed by atoms with Crippen molar-refractivity contribution in [2.45, 2.75) is 53.9 Å². The van der Waals surface area contributed by atoms with Gasteiger partial charge in [0.15, 0.2) is 5.96 Å². The standard InChI is InChI=1S/C16H30N4S/c1-6-17-15(18-10-7-9-16(3,4)5)19-11-8-14-12-21-13(2)20-14/h12H,6-11H2,1-5H3,(H2,17,18,19). The lowest BCUT2D eigenvalue weighted by Gasteiger charge is -2.17. The summed E-state index contributed by atoms with van der Waals surface area (Å²) < 4.78 is 0. The highest BCUT2D eigenvalue weighted by Gasteiger charge is 2.08. The summed E-state index contributed by atoms with van der Waals surface area (Å²) in [6.45, 7) is 13.6. The Bertz CT molecular complexity index is 432. The average Bonchev–Trinajstić information content (AvgIpc) is 2.79. The van der Waals surface area contributed by atoms with Gasteiger partial charge in [-0.3, -0.25) is 4.99 Å². The zero-order valence-electron chi connectivity index (χ0n) is 14.1. The fraction of sp³-hybridized carbons (Fsp3) is 0.750. The molecule has 1 rings (SSSR count). The summed E-state index contributed by atoms with van der Waals surface area (Å²) >= 11 is 1.71. The van der Waals surface area contributed by atoms with E-state index in [1.807, 2.05) is 6.92 Å². The van der Waals surface area contributed by atoms with Crippen molar-refractivity contribution in [3.8, 4) is 0 Å². The second kappa shape index (κ2) is 9.03. The zero-order valence-corrected chi connectivity index (χ0v) is 14.9. The number of aliphatic imine (C=N–C) groups is 1. The van der Waals surface area contributed by atoms with Gasteiger partial charge in [-0.15, -0.1) is 11.3 Å². The van der Waals surface area contributed by atoms with Gasteiger partial charge in [-0.05, 0) is 32.1 Å². The first-order valence-electron chi connectivity index (χ1n) is 7.84. The summed E-state index contributed by atoms with van der Waals surface area (Å²) in [4.78, 5) is 9.10. The molecule has 0 atom stereocenters. The van der Waals surface area contributed by atoms with Crippen LogP contribution in [0.2, 0.25) is 0 Å². The van der Waals surface area contributed by atoms with Gasteiger partial charge in [-0.1, -0.05) is 20.8 Å². The van der Waals surface area contributed by atoms with Crippen molar-refractivity contribution < 1.29 is 0 Å². The van der Waals surface area contributed by atoms with Crippen LogP contribution >= 0.6 is 11.3 Å². The largest absolute Gasteiger partial charge is 0.357 e. The van der Waals surface area contributed by atoms with E-state index in [1.165, 1.54) is 6.42 Å². The maximum Gasteiger partial charge on any atom is 0.191 e. The van der Waals surface area contributed by atoms with Crippen molar-refractivity contribution in [3.05, 3.63) is 16.1 Å². The number of guanidine groups is 1. The monoisotopic (exact) mass is 310 g/mol. The number of aryl methyl sites for hydroxylation is 1. The Morgan fingerprint density at radius 3 is 2.67 bits per heavy atom. The van der Waals surface area contributed by atoms with Crippen LogP contribution in [-0.4, -0.2) is 30.6 Å². The molecule has 4 nitrogen and oxygen atoms in total. The topological polar surface area (TPSA) is 49.3 Å². The third kappa shape index (κ3) is 8.71. The van der Waals surface area contributed by atoms with Crippen LogP contribution in [0, 0.1) is 12.3 Å². The summed E-state index contributed by atoms with van der Waals surface area (Å²) in [5, 5.41) is 9.93. The van der Waals surface area contributed by atoms with Crippen molar-refractivity contribution in [1.82, 2.24) is 15.6 Å². The van der Waals surface area contributed by atoms with Crippen LogP contribution < -0.4 is 10.6 Å². The molecule has 0 aliphatic heterocycles. The number of rotatable bonds is 7. The lowest BCUT2D eigenvalue weighted by Crippen LogP contribution is -2.38. The van der Waals surface area contributed by atoms with E-state index in [4.69, 9.17) is 0 Å². The van der Waals surface area contributed by atoms with Crippen LogP contribution in [0.4, 0.5) is 0 Å². The predicted molar refractivity (Wildman–Crippen MR) is 93.2 cm³/mol. The van der Waals surface area contributed by atoms with Crippen molar-refractivity contribution in [3.63, 3.8) is 0 Å². The molecule has 21 heavy (non-hydrogen) atoms. The highest BCUT2D eigenvalue weighted by molar-refractivity contribution is 7.09. The zero-order chi connectivity index (χ0) is 15.7. The van der Waals surface area contributed by atoms with Crippen molar-refractivity contribution in [1.29, 1.82) is 0 Å². The fourth-order valence-electron chi connectivity index (χ4n) is 1.97. The van der Waals surface area contributed by atoms with Crippen LogP contribution in [0.25, 0.3) is 0 Å². The summed E-state index contributed by atoms with van der Waals surface area (Å²) in [6, 6.07) is 0. The maximum absolute atomic E-state index is 4.63. The molecule has 1 aromatic rings. The lowest BCUT2D eigenvalue weighted by molar-refractivity contribution is 0.368. The highest BCUT2D eigenvalue weighted by Crippen LogP contribution is 2.20. The molecule has 1 heterocycles. The molecule has 0 spiro atoms. The Labute approximate surface area is 133 Å². The fourth-order valence-corrected chi connectivity index (χ4v) is 2.62. The normalized spacial score (nSPS) is 12.5. The predicted octanol–water partition coefficient (Wildman–Crippen LogP) is 3.38. The molecule has 0 bridgehead atoms. The molecule has 0 aliphatic carbocycles. The molecule has 0 unspecified atom stereocenters. The van der Waals surface area contributed by atoms with Gasteiger partial charge in [0, 0.05) is 31.4 Å². The minimum atomic E-state index is 0.393. The average molecular weight is 311 g/mol. The third-order valence-electron chi connectivity index (χ3n) is 3.04. The highest BCUT2D eigenvalue weighted by atomic mass is 32.1. The minimum absolute atomic E-state index is 0.393. The molecule has 0 aromatic carbocycles. The molecular weight excluding hydrogens is 280 g/mol. The second-order valence-corrected chi connectivity index (χ2v) is 7.52. The van der Waals surface area contributed by atoms with E-state index in [9.17, 15) is 0 Å². The third-order valence-corrected chi connectivity index (χ3v) is 3.86. The van der Waals surface area contributed by atoms with Crippen LogP contribution in [0.15, 0.2) is 10.4 Å². The number of aromatic nitrogens is 1. The number of nitrogens with one attached hydrogen (secondary N) is 2. The van der Waals surface area contributed by atoms with Crippen molar-refractivity contribution in [2.75, 3.05) is 19.6 Å². The van der Waals surface area contributed by atoms with Crippen LogP contribution in [-0.2, 0) is 6.42 Å². The summed E-state index contributed by atoms with van der Waals surface area (Å²) in [5.74, 6) is 0.915. The van der Waals surface area contributed by atoms with E-state index in [2.05, 4.69) is 53.7 Å². The lowest BCUT2D eigenvalue weighted by atomic mass is 9.91. The summed E-state index contributed by atoms with van der Waals surface area (Å²) in [5.41, 5.74) is 1.55. The molecule has 2 N–H and O–H groups in total. The molecule has 0 amide bonds. The molecule has 0 saturated heterocycles. The number of hydrogen-bond donors (Lipinski definition) is 2.